The molecule has 19 heavy (non-hydrogen) atoms. The third kappa shape index (κ3) is 6.02. The molecule has 0 radical (unpaired) electrons. The number of rotatable bonds is 7. The number of anilines is 1. The molecule has 1 aromatic rings. The summed E-state index contributed by atoms with van der Waals surface area (Å²) in [7, 11) is -1.25. The van der Waals surface area contributed by atoms with Crippen LogP contribution in [0.2, 0.25) is 0 Å². The van der Waals surface area contributed by atoms with Crippen LogP contribution in [0.15, 0.2) is 18.2 Å². The van der Waals surface area contributed by atoms with E-state index in [1.165, 1.54) is 18.4 Å². The summed E-state index contributed by atoms with van der Waals surface area (Å²) >= 11 is 0. The van der Waals surface area contributed by atoms with Crippen LogP contribution in [0.4, 0.5) is 10.1 Å². The summed E-state index contributed by atoms with van der Waals surface area (Å²) in [6, 6.07) is 4.77. The molecule has 1 rings (SSSR count). The van der Waals surface area contributed by atoms with Crippen molar-refractivity contribution in [3.63, 3.8) is 0 Å². The summed E-state index contributed by atoms with van der Waals surface area (Å²) in [6.45, 7) is 3.75. The van der Waals surface area contributed by atoms with E-state index in [2.05, 4.69) is 5.32 Å². The second-order valence-corrected chi connectivity index (χ2v) is 6.91. The standard InChI is InChI=1S/C13H21FN2O2S/c1-4-15-10-11-7-12(14)9-13(8-11)16(2)5-6-19(3,17)18/h7-9,15H,4-6,10H2,1-3H3. The van der Waals surface area contributed by atoms with E-state index >= 15 is 0 Å². The number of halogens is 1. The maximum absolute atomic E-state index is 13.5. The Labute approximate surface area is 114 Å². The summed E-state index contributed by atoms with van der Waals surface area (Å²) < 4.78 is 35.8. The lowest BCUT2D eigenvalue weighted by Gasteiger charge is -2.20. The minimum Gasteiger partial charge on any atom is -0.373 e. The van der Waals surface area contributed by atoms with Crippen LogP contribution in [-0.4, -0.2) is 40.6 Å². The van der Waals surface area contributed by atoms with Gasteiger partial charge in [0.15, 0.2) is 0 Å². The van der Waals surface area contributed by atoms with Crippen LogP contribution in [0.1, 0.15) is 12.5 Å². The Morgan fingerprint density at radius 2 is 2.00 bits per heavy atom. The van der Waals surface area contributed by atoms with Crippen molar-refractivity contribution >= 4 is 15.5 Å². The van der Waals surface area contributed by atoms with Gasteiger partial charge < -0.3 is 10.2 Å². The molecule has 0 aromatic heterocycles. The third-order valence-electron chi connectivity index (χ3n) is 2.76. The van der Waals surface area contributed by atoms with Crippen molar-refractivity contribution in [3.05, 3.63) is 29.6 Å². The lowest BCUT2D eigenvalue weighted by molar-refractivity contribution is 0.601. The van der Waals surface area contributed by atoms with E-state index in [4.69, 9.17) is 0 Å². The number of benzene rings is 1. The van der Waals surface area contributed by atoms with Gasteiger partial charge in [-0.1, -0.05) is 6.92 Å². The fourth-order valence-electron chi connectivity index (χ4n) is 1.66. The minimum absolute atomic E-state index is 0.0581. The molecule has 0 heterocycles. The molecule has 1 aromatic carbocycles. The largest absolute Gasteiger partial charge is 0.373 e. The molecular formula is C13H21FN2O2S. The minimum atomic E-state index is -3.01. The lowest BCUT2D eigenvalue weighted by Crippen LogP contribution is -2.25. The molecule has 0 aliphatic heterocycles. The second kappa shape index (κ2) is 6.86. The van der Waals surface area contributed by atoms with Gasteiger partial charge in [0.05, 0.1) is 5.75 Å². The van der Waals surface area contributed by atoms with Crippen molar-refractivity contribution in [2.45, 2.75) is 13.5 Å². The Kier molecular flexibility index (Phi) is 5.75. The highest BCUT2D eigenvalue weighted by Crippen LogP contribution is 2.17. The first-order valence-corrected chi connectivity index (χ1v) is 8.27. The zero-order valence-electron chi connectivity index (χ0n) is 11.6. The molecule has 0 aliphatic rings. The molecule has 108 valence electrons. The van der Waals surface area contributed by atoms with Crippen molar-refractivity contribution in [1.82, 2.24) is 5.32 Å². The summed E-state index contributed by atoms with van der Waals surface area (Å²) in [5.41, 5.74) is 1.54. The van der Waals surface area contributed by atoms with Crippen LogP contribution in [0.3, 0.4) is 0 Å². The zero-order valence-corrected chi connectivity index (χ0v) is 12.4. The van der Waals surface area contributed by atoms with Crippen molar-refractivity contribution in [2.24, 2.45) is 0 Å². The Bertz CT molecular complexity index is 517. The number of hydrogen-bond acceptors (Lipinski definition) is 4. The second-order valence-electron chi connectivity index (χ2n) is 4.65. The highest BCUT2D eigenvalue weighted by Gasteiger charge is 2.08. The van der Waals surface area contributed by atoms with E-state index in [9.17, 15) is 12.8 Å². The summed E-state index contributed by atoms with van der Waals surface area (Å²) in [4.78, 5) is 1.75. The van der Waals surface area contributed by atoms with E-state index in [-0.39, 0.29) is 11.6 Å². The summed E-state index contributed by atoms with van der Waals surface area (Å²) in [6.07, 6.45) is 1.20. The fraction of sp³-hybridized carbons (Fsp3) is 0.538. The molecule has 0 unspecified atom stereocenters. The molecule has 4 nitrogen and oxygen atoms in total. The monoisotopic (exact) mass is 288 g/mol. The number of nitrogens with one attached hydrogen (secondary N) is 1. The lowest BCUT2D eigenvalue weighted by atomic mass is 10.2. The molecular weight excluding hydrogens is 267 g/mol. The van der Waals surface area contributed by atoms with Crippen LogP contribution in [0.25, 0.3) is 0 Å². The van der Waals surface area contributed by atoms with Crippen molar-refractivity contribution in [1.29, 1.82) is 0 Å². The quantitative estimate of drug-likeness (QED) is 0.824. The molecule has 6 heteroatoms. The topological polar surface area (TPSA) is 49.4 Å². The van der Waals surface area contributed by atoms with Gasteiger partial charge in [0.1, 0.15) is 15.7 Å². The number of nitrogens with zero attached hydrogens (tertiary/aromatic N) is 1. The molecule has 0 fully saturated rings. The predicted octanol–water partition coefficient (Wildman–Crippen LogP) is 1.42. The Hall–Kier alpha value is -1.14. The summed E-state index contributed by atoms with van der Waals surface area (Å²) in [5.74, 6) is -0.251. The average molecular weight is 288 g/mol. The SMILES string of the molecule is CCNCc1cc(F)cc(N(C)CCS(C)(=O)=O)c1. The van der Waals surface area contributed by atoms with Crippen molar-refractivity contribution in [2.75, 3.05) is 37.0 Å². The first kappa shape index (κ1) is 15.9. The normalized spacial score (nSPS) is 11.6. The predicted molar refractivity (Wildman–Crippen MR) is 76.8 cm³/mol. The van der Waals surface area contributed by atoms with Gasteiger partial charge in [-0.3, -0.25) is 0 Å². The molecule has 0 bridgehead atoms. The van der Waals surface area contributed by atoms with E-state index in [0.717, 1.165) is 12.1 Å². The van der Waals surface area contributed by atoms with Gasteiger partial charge >= 0.3 is 0 Å². The third-order valence-corrected chi connectivity index (χ3v) is 3.68. The van der Waals surface area contributed by atoms with Crippen molar-refractivity contribution < 1.29 is 12.8 Å². The van der Waals surface area contributed by atoms with E-state index in [1.807, 2.05) is 13.0 Å². The van der Waals surface area contributed by atoms with Gasteiger partial charge in [-0.15, -0.1) is 0 Å². The maximum Gasteiger partial charge on any atom is 0.149 e. The molecule has 0 amide bonds. The molecule has 0 atom stereocenters. The van der Waals surface area contributed by atoms with Crippen LogP contribution < -0.4 is 10.2 Å². The van der Waals surface area contributed by atoms with Gasteiger partial charge in [-0.2, -0.15) is 0 Å². The molecule has 0 aliphatic carbocycles. The smallest absolute Gasteiger partial charge is 0.149 e. The van der Waals surface area contributed by atoms with E-state index in [0.29, 0.717) is 18.8 Å². The van der Waals surface area contributed by atoms with Crippen molar-refractivity contribution in [3.8, 4) is 0 Å². The highest BCUT2D eigenvalue weighted by molar-refractivity contribution is 7.90. The highest BCUT2D eigenvalue weighted by atomic mass is 32.2. The van der Waals surface area contributed by atoms with Gasteiger partial charge in [-0.05, 0) is 30.3 Å². The Morgan fingerprint density at radius 1 is 1.32 bits per heavy atom. The average Bonchev–Trinajstić information content (AvgIpc) is 2.31. The summed E-state index contributed by atoms with van der Waals surface area (Å²) in [5, 5.41) is 3.13. The number of sulfone groups is 1. The van der Waals surface area contributed by atoms with Gasteiger partial charge in [0, 0.05) is 32.1 Å². The molecule has 1 N–H and O–H groups in total. The fourth-order valence-corrected chi connectivity index (χ4v) is 2.26. The zero-order chi connectivity index (χ0) is 14.5. The first-order valence-electron chi connectivity index (χ1n) is 6.21. The first-order chi connectivity index (χ1) is 8.81. The molecule has 0 spiro atoms. The number of hydrogen-bond donors (Lipinski definition) is 1. The van der Waals surface area contributed by atoms with Crippen LogP contribution >= 0.6 is 0 Å². The van der Waals surface area contributed by atoms with Gasteiger partial charge in [0.25, 0.3) is 0 Å². The Balaban J connectivity index is 2.78. The van der Waals surface area contributed by atoms with E-state index < -0.39 is 9.84 Å². The molecule has 0 saturated carbocycles. The van der Waals surface area contributed by atoms with Gasteiger partial charge in [-0.25, -0.2) is 12.8 Å². The molecule has 0 saturated heterocycles. The Morgan fingerprint density at radius 3 is 2.58 bits per heavy atom. The van der Waals surface area contributed by atoms with E-state index in [1.54, 1.807) is 11.9 Å². The van der Waals surface area contributed by atoms with Crippen LogP contribution in [0, 0.1) is 5.82 Å². The van der Waals surface area contributed by atoms with Gasteiger partial charge in [0.2, 0.25) is 0 Å². The van der Waals surface area contributed by atoms with Crippen LogP contribution in [0.5, 0.6) is 0 Å². The maximum atomic E-state index is 13.5. The van der Waals surface area contributed by atoms with Crippen LogP contribution in [-0.2, 0) is 16.4 Å².